The first-order valence-corrected chi connectivity index (χ1v) is 11.3. The van der Waals surface area contributed by atoms with Crippen LogP contribution in [-0.2, 0) is 9.84 Å². The van der Waals surface area contributed by atoms with E-state index in [1.54, 1.807) is 18.2 Å². The molecular formula is C20H20Cl3N3O2S. The maximum atomic E-state index is 13.2. The summed E-state index contributed by atoms with van der Waals surface area (Å²) in [6, 6.07) is 12.2. The molecule has 0 aliphatic heterocycles. The number of hydrogen-bond acceptors (Lipinski definition) is 5. The Hall–Kier alpha value is -1.91. The van der Waals surface area contributed by atoms with Crippen molar-refractivity contribution in [1.29, 1.82) is 5.26 Å². The highest BCUT2D eigenvalue weighted by Crippen LogP contribution is 2.27. The smallest absolute Gasteiger partial charge is 0.220 e. The van der Waals surface area contributed by atoms with Crippen molar-refractivity contribution in [1.82, 2.24) is 5.32 Å². The number of nitrogens with one attached hydrogen (secondary N) is 2. The summed E-state index contributed by atoms with van der Waals surface area (Å²) in [5, 5.41) is 17.0. The number of nitrogens with zero attached hydrogens (tertiary/aromatic N) is 1. The number of hydrogen-bond donors (Lipinski definition) is 2. The predicted molar refractivity (Wildman–Crippen MR) is 119 cm³/mol. The van der Waals surface area contributed by atoms with Gasteiger partial charge in [0.1, 0.15) is 11.9 Å². The zero-order valence-electron chi connectivity index (χ0n) is 16.1. The van der Waals surface area contributed by atoms with Gasteiger partial charge in [-0.3, -0.25) is 0 Å². The minimum Gasteiger partial charge on any atom is -0.365 e. The standard InChI is InChI=1S/C20H20Cl3N3O2S/c1-4-20(2,3)26-19(25-16-10-14(22)9-15(23)11-16)18(12-24)29(27,28)17-7-5-13(21)6-8-17/h5-11,25-26H,4H2,1-3H3. The Balaban J connectivity index is 2.65. The Morgan fingerprint density at radius 3 is 2.07 bits per heavy atom. The van der Waals surface area contributed by atoms with Crippen molar-refractivity contribution >= 4 is 50.3 Å². The van der Waals surface area contributed by atoms with E-state index in [1.807, 2.05) is 26.8 Å². The fourth-order valence-electron chi connectivity index (χ4n) is 2.32. The lowest BCUT2D eigenvalue weighted by Crippen LogP contribution is -2.41. The lowest BCUT2D eigenvalue weighted by Gasteiger charge is -2.29. The van der Waals surface area contributed by atoms with Crippen molar-refractivity contribution < 1.29 is 8.42 Å². The molecule has 0 atom stereocenters. The number of benzene rings is 2. The Labute approximate surface area is 186 Å². The van der Waals surface area contributed by atoms with Gasteiger partial charge in [0.05, 0.1) is 4.90 Å². The van der Waals surface area contributed by atoms with Crippen LogP contribution in [0, 0.1) is 11.3 Å². The van der Waals surface area contributed by atoms with Crippen LogP contribution in [0.2, 0.25) is 15.1 Å². The van der Waals surface area contributed by atoms with Gasteiger partial charge in [0, 0.05) is 26.3 Å². The fraction of sp³-hybridized carbons (Fsp3) is 0.250. The molecule has 154 valence electrons. The van der Waals surface area contributed by atoms with Crippen molar-refractivity contribution in [3.8, 4) is 6.07 Å². The maximum Gasteiger partial charge on any atom is 0.220 e. The van der Waals surface area contributed by atoms with Crippen molar-refractivity contribution in [2.24, 2.45) is 0 Å². The zero-order chi connectivity index (χ0) is 21.8. The number of anilines is 1. The van der Waals surface area contributed by atoms with Crippen LogP contribution in [0.4, 0.5) is 5.69 Å². The first kappa shape index (κ1) is 23.4. The molecule has 2 aromatic carbocycles. The Bertz CT molecular complexity index is 1050. The number of nitriles is 1. The molecule has 0 heterocycles. The highest BCUT2D eigenvalue weighted by Gasteiger charge is 2.28. The van der Waals surface area contributed by atoms with E-state index in [9.17, 15) is 13.7 Å². The van der Waals surface area contributed by atoms with Gasteiger partial charge in [0.15, 0.2) is 4.91 Å². The average molecular weight is 473 g/mol. The second-order valence-corrected chi connectivity index (χ2v) is 10.1. The molecule has 0 saturated carbocycles. The number of allylic oxidation sites excluding steroid dienone is 1. The molecule has 0 aliphatic rings. The molecule has 0 saturated heterocycles. The minimum absolute atomic E-state index is 0.0348. The third kappa shape index (κ3) is 6.03. The molecule has 0 bridgehead atoms. The second-order valence-electron chi connectivity index (χ2n) is 6.92. The van der Waals surface area contributed by atoms with E-state index in [2.05, 4.69) is 10.6 Å². The minimum atomic E-state index is -4.12. The van der Waals surface area contributed by atoms with Gasteiger partial charge in [-0.05, 0) is 62.7 Å². The molecule has 9 heteroatoms. The summed E-state index contributed by atoms with van der Waals surface area (Å²) >= 11 is 18.0. The van der Waals surface area contributed by atoms with Gasteiger partial charge in [-0.15, -0.1) is 0 Å². The van der Waals surface area contributed by atoms with E-state index < -0.39 is 20.3 Å². The maximum absolute atomic E-state index is 13.2. The van der Waals surface area contributed by atoms with E-state index in [1.165, 1.54) is 24.3 Å². The van der Waals surface area contributed by atoms with Crippen LogP contribution in [0.1, 0.15) is 27.2 Å². The van der Waals surface area contributed by atoms with Gasteiger partial charge in [0.25, 0.3) is 0 Å². The van der Waals surface area contributed by atoms with Crippen molar-refractivity contribution in [3.05, 3.63) is 68.3 Å². The van der Waals surface area contributed by atoms with E-state index in [0.29, 0.717) is 27.2 Å². The molecule has 0 amide bonds. The monoisotopic (exact) mass is 471 g/mol. The topological polar surface area (TPSA) is 82.0 Å². The second kappa shape index (κ2) is 9.27. The van der Waals surface area contributed by atoms with Crippen molar-refractivity contribution in [2.75, 3.05) is 5.32 Å². The van der Waals surface area contributed by atoms with Crippen LogP contribution < -0.4 is 10.6 Å². The normalized spacial score (nSPS) is 12.7. The lowest BCUT2D eigenvalue weighted by molar-refractivity contribution is 0.415. The Kier molecular flexibility index (Phi) is 7.47. The third-order valence-electron chi connectivity index (χ3n) is 4.20. The summed E-state index contributed by atoms with van der Waals surface area (Å²) in [6.07, 6.45) is 0.675. The molecule has 5 nitrogen and oxygen atoms in total. The molecule has 0 aromatic heterocycles. The van der Waals surface area contributed by atoms with Crippen molar-refractivity contribution in [3.63, 3.8) is 0 Å². The van der Waals surface area contributed by atoms with Gasteiger partial charge in [-0.2, -0.15) is 5.26 Å². The quantitative estimate of drug-likeness (QED) is 0.483. The molecule has 0 radical (unpaired) electrons. The molecule has 29 heavy (non-hydrogen) atoms. The summed E-state index contributed by atoms with van der Waals surface area (Å²) < 4.78 is 26.3. The Morgan fingerprint density at radius 2 is 1.59 bits per heavy atom. The average Bonchev–Trinajstić information content (AvgIpc) is 2.61. The van der Waals surface area contributed by atoms with Gasteiger partial charge >= 0.3 is 0 Å². The van der Waals surface area contributed by atoms with Crippen LogP contribution in [0.25, 0.3) is 0 Å². The van der Waals surface area contributed by atoms with E-state index in [0.717, 1.165) is 0 Å². The van der Waals surface area contributed by atoms with Crippen LogP contribution in [-0.4, -0.2) is 14.0 Å². The van der Waals surface area contributed by atoms with Crippen LogP contribution >= 0.6 is 34.8 Å². The Morgan fingerprint density at radius 1 is 1.03 bits per heavy atom. The third-order valence-corrected chi connectivity index (χ3v) is 6.61. The van der Waals surface area contributed by atoms with Gasteiger partial charge < -0.3 is 10.6 Å². The lowest BCUT2D eigenvalue weighted by atomic mass is 10.0. The van der Waals surface area contributed by atoms with E-state index >= 15 is 0 Å². The van der Waals surface area contributed by atoms with E-state index in [-0.39, 0.29) is 10.7 Å². The molecular weight excluding hydrogens is 453 g/mol. The summed E-state index contributed by atoms with van der Waals surface area (Å²) in [5.41, 5.74) is -0.0570. The van der Waals surface area contributed by atoms with Gasteiger partial charge in [-0.1, -0.05) is 41.7 Å². The highest BCUT2D eigenvalue weighted by molar-refractivity contribution is 7.95. The van der Waals surface area contributed by atoms with Crippen LogP contribution in [0.15, 0.2) is 58.1 Å². The largest absolute Gasteiger partial charge is 0.365 e. The molecule has 0 spiro atoms. The summed E-state index contributed by atoms with van der Waals surface area (Å²) in [4.78, 5) is -0.504. The molecule has 2 N–H and O–H groups in total. The first-order chi connectivity index (χ1) is 13.5. The van der Waals surface area contributed by atoms with Crippen molar-refractivity contribution in [2.45, 2.75) is 37.6 Å². The molecule has 2 rings (SSSR count). The molecule has 0 aliphatic carbocycles. The van der Waals surface area contributed by atoms with E-state index in [4.69, 9.17) is 34.8 Å². The molecule has 2 aromatic rings. The number of sulfone groups is 1. The summed E-state index contributed by atoms with van der Waals surface area (Å²) in [7, 11) is -4.12. The van der Waals surface area contributed by atoms with Gasteiger partial charge in [0.2, 0.25) is 9.84 Å². The van der Waals surface area contributed by atoms with Crippen LogP contribution in [0.5, 0.6) is 0 Å². The predicted octanol–water partition coefficient (Wildman–Crippen LogP) is 6.00. The zero-order valence-corrected chi connectivity index (χ0v) is 19.1. The summed E-state index contributed by atoms with van der Waals surface area (Å²) in [5.74, 6) is 0.0348. The molecule has 0 fully saturated rings. The van der Waals surface area contributed by atoms with Gasteiger partial charge in [-0.25, -0.2) is 8.42 Å². The summed E-state index contributed by atoms with van der Waals surface area (Å²) in [6.45, 7) is 5.73. The number of halogens is 3. The number of rotatable bonds is 7. The molecule has 0 unspecified atom stereocenters. The fourth-order valence-corrected chi connectivity index (χ4v) is 4.20. The highest BCUT2D eigenvalue weighted by atomic mass is 35.5. The SMILES string of the molecule is CCC(C)(C)NC(Nc1cc(Cl)cc(Cl)c1)=C(C#N)S(=O)(=O)c1ccc(Cl)cc1. The van der Waals surface area contributed by atoms with Crippen LogP contribution in [0.3, 0.4) is 0 Å². The first-order valence-electron chi connectivity index (χ1n) is 8.65.